The molecule has 6 nitrogen and oxygen atoms in total. The number of nitrogens with zero attached hydrogens (tertiary/aromatic N) is 1. The Kier molecular flexibility index (Phi) is 4.92. The van der Waals surface area contributed by atoms with E-state index in [0.717, 1.165) is 13.1 Å². The summed E-state index contributed by atoms with van der Waals surface area (Å²) in [5.41, 5.74) is -1.41. The molecule has 7 heteroatoms. The van der Waals surface area contributed by atoms with E-state index in [9.17, 15) is 10.1 Å². The topological polar surface area (TPSA) is 75.3 Å². The lowest BCUT2D eigenvalue weighted by atomic mass is 9.76. The van der Waals surface area contributed by atoms with E-state index >= 15 is 0 Å². The molecule has 0 spiro atoms. The molecule has 1 aromatic heterocycles. The first-order chi connectivity index (χ1) is 10.1. The van der Waals surface area contributed by atoms with Gasteiger partial charge in [0.05, 0.1) is 24.4 Å². The second kappa shape index (κ2) is 6.24. The zero-order valence-corrected chi connectivity index (χ0v) is 14.0. The highest BCUT2D eigenvalue weighted by molar-refractivity contribution is 6.60. The molecule has 1 aliphatic heterocycles. The average molecular weight is 311 g/mol. The highest BCUT2D eigenvalue weighted by atomic mass is 16.5. The summed E-state index contributed by atoms with van der Waals surface area (Å²) in [5.74, 6) is 1.32. The summed E-state index contributed by atoms with van der Waals surface area (Å²) in [4.78, 5) is 2.08. The van der Waals surface area contributed by atoms with Crippen LogP contribution in [0, 0.1) is 6.92 Å². The molecule has 0 unspecified atom stereocenters. The quantitative estimate of drug-likeness (QED) is 0.779. The Labute approximate surface area is 132 Å². The highest BCUT2D eigenvalue weighted by Crippen LogP contribution is 2.26. The van der Waals surface area contributed by atoms with E-state index in [0.29, 0.717) is 30.3 Å². The number of ether oxygens (including phenoxy) is 1. The molecular formula is C15H26BNO5. The van der Waals surface area contributed by atoms with Crippen molar-refractivity contribution in [2.75, 3.05) is 31.2 Å². The number of aliphatic hydroxyl groups is 1. The molecule has 124 valence electrons. The van der Waals surface area contributed by atoms with Crippen molar-refractivity contribution in [3.8, 4) is 0 Å². The molecule has 0 aliphatic carbocycles. The van der Waals surface area contributed by atoms with E-state index in [1.54, 1.807) is 40.7 Å². The second-order valence-electron chi connectivity index (χ2n) is 6.74. The third-order valence-electron chi connectivity index (χ3n) is 4.41. The lowest BCUT2D eigenvalue weighted by molar-refractivity contribution is -0.0982. The van der Waals surface area contributed by atoms with Crippen molar-refractivity contribution in [1.82, 2.24) is 0 Å². The minimum atomic E-state index is -1.15. The predicted molar refractivity (Wildman–Crippen MR) is 85.5 cm³/mol. The summed E-state index contributed by atoms with van der Waals surface area (Å²) in [6, 6.07) is 1.80. The Balaban J connectivity index is 2.13. The van der Waals surface area contributed by atoms with Crippen LogP contribution in [-0.4, -0.2) is 54.8 Å². The highest BCUT2D eigenvalue weighted by Gasteiger charge is 2.40. The van der Waals surface area contributed by atoms with Gasteiger partial charge in [-0.1, -0.05) is 0 Å². The van der Waals surface area contributed by atoms with E-state index < -0.39 is 18.3 Å². The Hall–Kier alpha value is -1.02. The fraction of sp³-hybridized carbons (Fsp3) is 0.733. The van der Waals surface area contributed by atoms with Gasteiger partial charge in [0, 0.05) is 24.6 Å². The van der Waals surface area contributed by atoms with Crippen LogP contribution in [0.1, 0.15) is 33.5 Å². The van der Waals surface area contributed by atoms with Gasteiger partial charge < -0.3 is 28.8 Å². The molecule has 1 fully saturated rings. The van der Waals surface area contributed by atoms with Crippen molar-refractivity contribution in [3.05, 3.63) is 11.8 Å². The first kappa shape index (κ1) is 17.3. The van der Waals surface area contributed by atoms with Crippen LogP contribution in [0.4, 0.5) is 5.88 Å². The summed E-state index contributed by atoms with van der Waals surface area (Å²) in [5, 5.41) is 20.5. The molecule has 0 radical (unpaired) electrons. The van der Waals surface area contributed by atoms with Crippen LogP contribution in [0.5, 0.6) is 0 Å². The Morgan fingerprint density at radius 2 is 1.82 bits per heavy atom. The van der Waals surface area contributed by atoms with Crippen molar-refractivity contribution in [2.45, 2.75) is 45.8 Å². The van der Waals surface area contributed by atoms with Gasteiger partial charge >= 0.3 is 7.12 Å². The molecular weight excluding hydrogens is 285 g/mol. The maximum atomic E-state index is 10.4. The van der Waals surface area contributed by atoms with Crippen molar-refractivity contribution in [3.63, 3.8) is 0 Å². The van der Waals surface area contributed by atoms with Crippen LogP contribution < -0.4 is 10.4 Å². The third-order valence-corrected chi connectivity index (χ3v) is 4.41. The minimum Gasteiger partial charge on any atom is -0.446 e. The zero-order chi connectivity index (χ0) is 16.5. The summed E-state index contributed by atoms with van der Waals surface area (Å²) >= 11 is 0. The summed E-state index contributed by atoms with van der Waals surface area (Å²) < 4.78 is 16.7. The van der Waals surface area contributed by atoms with Crippen molar-refractivity contribution in [2.24, 2.45) is 0 Å². The van der Waals surface area contributed by atoms with E-state index in [1.165, 1.54) is 0 Å². The Morgan fingerprint density at radius 3 is 2.36 bits per heavy atom. The van der Waals surface area contributed by atoms with Crippen LogP contribution in [0.3, 0.4) is 0 Å². The number of furan rings is 1. The lowest BCUT2D eigenvalue weighted by Crippen LogP contribution is -2.53. The van der Waals surface area contributed by atoms with Crippen LogP contribution in [0.2, 0.25) is 0 Å². The first-order valence-electron chi connectivity index (χ1n) is 7.63. The van der Waals surface area contributed by atoms with E-state index in [4.69, 9.17) is 13.8 Å². The van der Waals surface area contributed by atoms with Gasteiger partial charge in [-0.05, 0) is 34.6 Å². The molecule has 0 saturated carbocycles. The van der Waals surface area contributed by atoms with E-state index in [1.807, 2.05) is 0 Å². The number of anilines is 1. The summed E-state index contributed by atoms with van der Waals surface area (Å²) in [6.45, 7) is 11.4. The molecule has 1 aliphatic rings. The molecule has 0 atom stereocenters. The van der Waals surface area contributed by atoms with Gasteiger partial charge in [-0.25, -0.2) is 0 Å². The standard InChI is InChI=1S/C15H26BNO5/c1-11-12(16(19)22-15(4,5)14(2,3)18)10-13(21-11)17-6-8-20-9-7-17/h10,18-19H,6-9H2,1-5H3. The lowest BCUT2D eigenvalue weighted by Gasteiger charge is -2.38. The number of hydrogen-bond donors (Lipinski definition) is 2. The SMILES string of the molecule is Cc1oc(N2CCOCC2)cc1B(O)OC(C)(C)C(C)(C)O. The molecule has 2 N–H and O–H groups in total. The second-order valence-corrected chi connectivity index (χ2v) is 6.74. The fourth-order valence-corrected chi connectivity index (χ4v) is 2.15. The van der Waals surface area contributed by atoms with Crippen LogP contribution in [0.15, 0.2) is 10.5 Å². The van der Waals surface area contributed by atoms with Gasteiger partial charge in [0.15, 0.2) is 5.88 Å². The van der Waals surface area contributed by atoms with E-state index in [-0.39, 0.29) is 0 Å². The van der Waals surface area contributed by atoms with Crippen LogP contribution >= 0.6 is 0 Å². The molecule has 2 rings (SSSR count). The fourth-order valence-electron chi connectivity index (χ4n) is 2.15. The largest absolute Gasteiger partial charge is 0.495 e. The number of rotatable bonds is 5. The van der Waals surface area contributed by atoms with Gasteiger partial charge in [-0.15, -0.1) is 0 Å². The maximum absolute atomic E-state index is 10.4. The van der Waals surface area contributed by atoms with Crippen LogP contribution in [0.25, 0.3) is 0 Å². The monoisotopic (exact) mass is 311 g/mol. The number of hydrogen-bond acceptors (Lipinski definition) is 6. The maximum Gasteiger partial charge on any atom is 0.495 e. The molecule has 0 bridgehead atoms. The van der Waals surface area contributed by atoms with Crippen molar-refractivity contribution in [1.29, 1.82) is 0 Å². The molecule has 2 heterocycles. The van der Waals surface area contributed by atoms with Crippen LogP contribution in [-0.2, 0) is 9.39 Å². The van der Waals surface area contributed by atoms with Crippen molar-refractivity contribution >= 4 is 18.5 Å². The number of aryl methyl sites for hydroxylation is 1. The summed E-state index contributed by atoms with van der Waals surface area (Å²) in [6.07, 6.45) is 0. The molecule has 22 heavy (non-hydrogen) atoms. The Morgan fingerprint density at radius 1 is 1.23 bits per heavy atom. The molecule has 0 amide bonds. The van der Waals surface area contributed by atoms with Gasteiger partial charge in [0.1, 0.15) is 5.76 Å². The smallest absolute Gasteiger partial charge is 0.446 e. The Bertz CT molecular complexity index is 503. The van der Waals surface area contributed by atoms with E-state index in [2.05, 4.69) is 4.90 Å². The minimum absolute atomic E-state index is 0.582. The van der Waals surface area contributed by atoms with Gasteiger partial charge in [-0.3, -0.25) is 0 Å². The van der Waals surface area contributed by atoms with Gasteiger partial charge in [-0.2, -0.15) is 0 Å². The predicted octanol–water partition coefficient (Wildman–Crippen LogP) is 0.678. The average Bonchev–Trinajstić information content (AvgIpc) is 2.80. The van der Waals surface area contributed by atoms with Crippen molar-refractivity contribution < 1.29 is 23.9 Å². The van der Waals surface area contributed by atoms with Gasteiger partial charge in [0.25, 0.3) is 0 Å². The van der Waals surface area contributed by atoms with Gasteiger partial charge in [0.2, 0.25) is 0 Å². The first-order valence-corrected chi connectivity index (χ1v) is 7.63. The molecule has 0 aromatic carbocycles. The zero-order valence-electron chi connectivity index (χ0n) is 14.0. The third kappa shape index (κ3) is 3.66. The summed E-state index contributed by atoms with van der Waals surface area (Å²) in [7, 11) is -1.15. The molecule has 1 saturated heterocycles. The normalized spacial score (nSPS) is 17.0. The molecule has 1 aromatic rings. The number of morpholine rings is 1.